The van der Waals surface area contributed by atoms with Gasteiger partial charge in [-0.2, -0.15) is 0 Å². The summed E-state index contributed by atoms with van der Waals surface area (Å²) in [4.78, 5) is 0. The highest BCUT2D eigenvalue weighted by molar-refractivity contribution is 6.31. The zero-order valence-corrected chi connectivity index (χ0v) is 11.0. The van der Waals surface area contributed by atoms with E-state index in [2.05, 4.69) is 5.32 Å². The Bertz CT molecular complexity index is 595. The lowest BCUT2D eigenvalue weighted by Gasteiger charge is -2.09. The molecule has 1 aliphatic heterocycles. The summed E-state index contributed by atoms with van der Waals surface area (Å²) in [5, 5.41) is 3.66. The van der Waals surface area contributed by atoms with E-state index in [0.717, 1.165) is 18.8 Å². The van der Waals surface area contributed by atoms with Crippen molar-refractivity contribution in [3.8, 4) is 5.75 Å². The van der Waals surface area contributed by atoms with Crippen LogP contribution in [0.5, 0.6) is 5.75 Å². The fraction of sp³-hybridized carbons (Fsp3) is 0.200. The Hall–Kier alpha value is -1.58. The normalized spacial score (nSPS) is 13.4. The molecule has 1 N–H and O–H groups in total. The standard InChI is InChI=1S/C15H13ClFNO/c16-14-2-1-3-15(17)13(14)9-19-12-5-4-10-7-18-8-11(10)6-12/h1-6,18H,7-9H2. The minimum atomic E-state index is -0.338. The van der Waals surface area contributed by atoms with Gasteiger partial charge in [0.2, 0.25) is 0 Å². The molecule has 0 aliphatic carbocycles. The summed E-state index contributed by atoms with van der Waals surface area (Å²) < 4.78 is 19.2. The Morgan fingerprint density at radius 3 is 2.84 bits per heavy atom. The van der Waals surface area contributed by atoms with E-state index in [0.29, 0.717) is 10.6 Å². The quantitative estimate of drug-likeness (QED) is 0.924. The van der Waals surface area contributed by atoms with Gasteiger partial charge in [-0.05, 0) is 35.4 Å². The van der Waals surface area contributed by atoms with Crippen LogP contribution >= 0.6 is 11.6 Å². The predicted molar refractivity (Wildman–Crippen MR) is 72.7 cm³/mol. The van der Waals surface area contributed by atoms with E-state index in [1.54, 1.807) is 12.1 Å². The van der Waals surface area contributed by atoms with Crippen LogP contribution in [-0.2, 0) is 19.7 Å². The van der Waals surface area contributed by atoms with Crippen LogP contribution in [0.3, 0.4) is 0 Å². The van der Waals surface area contributed by atoms with Crippen molar-refractivity contribution >= 4 is 11.6 Å². The van der Waals surface area contributed by atoms with Crippen LogP contribution in [0.4, 0.5) is 4.39 Å². The van der Waals surface area contributed by atoms with Crippen molar-refractivity contribution in [2.45, 2.75) is 19.7 Å². The first-order valence-corrected chi connectivity index (χ1v) is 6.50. The van der Waals surface area contributed by atoms with Crippen molar-refractivity contribution in [2.24, 2.45) is 0 Å². The molecule has 0 spiro atoms. The second-order valence-electron chi connectivity index (χ2n) is 4.52. The molecule has 0 saturated carbocycles. The minimum absolute atomic E-state index is 0.137. The summed E-state index contributed by atoms with van der Waals surface area (Å²) in [6.07, 6.45) is 0. The molecule has 98 valence electrons. The van der Waals surface area contributed by atoms with E-state index >= 15 is 0 Å². The van der Waals surface area contributed by atoms with Crippen LogP contribution in [0.2, 0.25) is 5.02 Å². The fourth-order valence-corrected chi connectivity index (χ4v) is 2.40. The summed E-state index contributed by atoms with van der Waals surface area (Å²) in [7, 11) is 0. The van der Waals surface area contributed by atoms with Crippen LogP contribution in [0.25, 0.3) is 0 Å². The Morgan fingerprint density at radius 1 is 1.16 bits per heavy atom. The molecule has 0 unspecified atom stereocenters. The third-order valence-electron chi connectivity index (χ3n) is 3.25. The molecule has 4 heteroatoms. The van der Waals surface area contributed by atoms with Gasteiger partial charge in [0, 0.05) is 18.7 Å². The molecule has 0 radical (unpaired) electrons. The van der Waals surface area contributed by atoms with Crippen LogP contribution < -0.4 is 10.1 Å². The lowest BCUT2D eigenvalue weighted by Crippen LogP contribution is -2.00. The molecule has 2 nitrogen and oxygen atoms in total. The molecule has 2 aromatic rings. The van der Waals surface area contributed by atoms with Gasteiger partial charge < -0.3 is 10.1 Å². The van der Waals surface area contributed by atoms with Crippen molar-refractivity contribution in [1.29, 1.82) is 0 Å². The lowest BCUT2D eigenvalue weighted by molar-refractivity contribution is 0.299. The van der Waals surface area contributed by atoms with Gasteiger partial charge in [0.1, 0.15) is 18.2 Å². The van der Waals surface area contributed by atoms with Crippen molar-refractivity contribution in [3.63, 3.8) is 0 Å². The lowest BCUT2D eigenvalue weighted by atomic mass is 10.1. The predicted octanol–water partition coefficient (Wildman–Crippen LogP) is 3.66. The first kappa shape index (κ1) is 12.5. The maximum atomic E-state index is 13.6. The first-order chi connectivity index (χ1) is 9.24. The number of nitrogens with one attached hydrogen (secondary N) is 1. The van der Waals surface area contributed by atoms with E-state index in [4.69, 9.17) is 16.3 Å². The monoisotopic (exact) mass is 277 g/mol. The topological polar surface area (TPSA) is 21.3 Å². The average molecular weight is 278 g/mol. The molecule has 0 fully saturated rings. The molecular weight excluding hydrogens is 265 g/mol. The molecular formula is C15H13ClFNO. The van der Waals surface area contributed by atoms with Crippen LogP contribution in [0.1, 0.15) is 16.7 Å². The van der Waals surface area contributed by atoms with Crippen molar-refractivity contribution in [3.05, 3.63) is 63.9 Å². The molecule has 19 heavy (non-hydrogen) atoms. The van der Waals surface area contributed by atoms with Crippen LogP contribution in [-0.4, -0.2) is 0 Å². The van der Waals surface area contributed by atoms with Gasteiger partial charge in [0.25, 0.3) is 0 Å². The molecule has 0 aromatic heterocycles. The average Bonchev–Trinajstić information content (AvgIpc) is 2.85. The van der Waals surface area contributed by atoms with Gasteiger partial charge in [0.05, 0.1) is 5.02 Å². The summed E-state index contributed by atoms with van der Waals surface area (Å²) in [6, 6.07) is 10.6. The summed E-state index contributed by atoms with van der Waals surface area (Å²) in [5.74, 6) is 0.400. The number of hydrogen-bond donors (Lipinski definition) is 1. The third kappa shape index (κ3) is 2.57. The van der Waals surface area contributed by atoms with Gasteiger partial charge in [-0.25, -0.2) is 4.39 Å². The second kappa shape index (κ2) is 5.19. The van der Waals surface area contributed by atoms with Crippen molar-refractivity contribution in [2.75, 3.05) is 0 Å². The Balaban J connectivity index is 1.76. The van der Waals surface area contributed by atoms with E-state index in [1.807, 2.05) is 18.2 Å². The zero-order chi connectivity index (χ0) is 13.2. The third-order valence-corrected chi connectivity index (χ3v) is 3.61. The van der Waals surface area contributed by atoms with Gasteiger partial charge in [0.15, 0.2) is 0 Å². The van der Waals surface area contributed by atoms with Crippen molar-refractivity contribution < 1.29 is 9.13 Å². The Kier molecular flexibility index (Phi) is 3.40. The molecule has 3 rings (SSSR count). The van der Waals surface area contributed by atoms with E-state index in [1.165, 1.54) is 17.2 Å². The van der Waals surface area contributed by atoms with E-state index in [9.17, 15) is 4.39 Å². The maximum Gasteiger partial charge on any atom is 0.131 e. The number of ether oxygens (including phenoxy) is 1. The Labute approximate surface area is 116 Å². The maximum absolute atomic E-state index is 13.6. The number of fused-ring (bicyclic) bond motifs is 1. The van der Waals surface area contributed by atoms with E-state index in [-0.39, 0.29) is 12.4 Å². The fourth-order valence-electron chi connectivity index (χ4n) is 2.19. The molecule has 1 heterocycles. The number of rotatable bonds is 3. The largest absolute Gasteiger partial charge is 0.489 e. The summed E-state index contributed by atoms with van der Waals surface area (Å²) >= 11 is 5.96. The molecule has 0 saturated heterocycles. The van der Waals surface area contributed by atoms with Crippen LogP contribution in [0, 0.1) is 5.82 Å². The number of benzene rings is 2. The summed E-state index contributed by atoms with van der Waals surface area (Å²) in [5.41, 5.74) is 2.91. The molecule has 0 atom stereocenters. The molecule has 0 amide bonds. The highest BCUT2D eigenvalue weighted by Gasteiger charge is 2.12. The summed E-state index contributed by atoms with van der Waals surface area (Å²) in [6.45, 7) is 1.89. The highest BCUT2D eigenvalue weighted by atomic mass is 35.5. The van der Waals surface area contributed by atoms with Gasteiger partial charge >= 0.3 is 0 Å². The zero-order valence-electron chi connectivity index (χ0n) is 10.2. The smallest absolute Gasteiger partial charge is 0.131 e. The first-order valence-electron chi connectivity index (χ1n) is 6.12. The number of halogens is 2. The van der Waals surface area contributed by atoms with Crippen LogP contribution in [0.15, 0.2) is 36.4 Å². The van der Waals surface area contributed by atoms with Gasteiger partial charge in [-0.15, -0.1) is 0 Å². The molecule has 1 aliphatic rings. The molecule has 0 bridgehead atoms. The SMILES string of the molecule is Fc1cccc(Cl)c1COc1ccc2c(c1)CNC2. The molecule has 2 aromatic carbocycles. The minimum Gasteiger partial charge on any atom is -0.489 e. The van der Waals surface area contributed by atoms with Gasteiger partial charge in [-0.1, -0.05) is 23.7 Å². The van der Waals surface area contributed by atoms with Crippen molar-refractivity contribution in [1.82, 2.24) is 5.32 Å². The highest BCUT2D eigenvalue weighted by Crippen LogP contribution is 2.24. The number of hydrogen-bond acceptors (Lipinski definition) is 2. The Morgan fingerprint density at radius 2 is 2.00 bits per heavy atom. The second-order valence-corrected chi connectivity index (χ2v) is 4.93. The van der Waals surface area contributed by atoms with Gasteiger partial charge in [-0.3, -0.25) is 0 Å². The van der Waals surface area contributed by atoms with E-state index < -0.39 is 0 Å².